The Morgan fingerprint density at radius 3 is 2.70 bits per heavy atom. The van der Waals surface area contributed by atoms with Crippen molar-refractivity contribution in [3.8, 4) is 0 Å². The smallest absolute Gasteiger partial charge is 0.357 e. The second-order valence-corrected chi connectivity index (χ2v) is 9.25. The second kappa shape index (κ2) is 7.89. The van der Waals surface area contributed by atoms with Crippen LogP contribution in [0.1, 0.15) is 62.9 Å². The number of fused-ring (bicyclic) bond motifs is 3. The standard InChI is InChI=1S/C23H29N3O3.ClH/c1-23(2)26-18-9-8-16(12-15(18)13-19(26)22(28)29-23)25-21(27)20-17(10-11-24-20)14-6-4-3-5-7-14;/h8-9,12-14,17,20,24H,3-7,10-11H2,1-2H3,(H,25,27);1H/t17-,20-;/m0./s1. The fourth-order valence-corrected chi connectivity index (χ4v) is 5.65. The number of esters is 1. The molecule has 0 radical (unpaired) electrons. The van der Waals surface area contributed by atoms with Crippen molar-refractivity contribution in [1.82, 2.24) is 9.88 Å². The van der Waals surface area contributed by atoms with E-state index in [0.717, 1.165) is 29.6 Å². The molecule has 2 aliphatic heterocycles. The van der Waals surface area contributed by atoms with E-state index in [-0.39, 0.29) is 30.3 Å². The molecule has 7 heteroatoms. The van der Waals surface area contributed by atoms with Crippen LogP contribution in [-0.2, 0) is 15.3 Å². The van der Waals surface area contributed by atoms with Crippen molar-refractivity contribution in [3.63, 3.8) is 0 Å². The van der Waals surface area contributed by atoms with Crippen LogP contribution < -0.4 is 10.6 Å². The van der Waals surface area contributed by atoms with E-state index in [0.29, 0.717) is 17.5 Å². The van der Waals surface area contributed by atoms with Gasteiger partial charge in [-0.25, -0.2) is 4.79 Å². The van der Waals surface area contributed by atoms with Crippen molar-refractivity contribution >= 4 is 40.9 Å². The summed E-state index contributed by atoms with van der Waals surface area (Å²) < 4.78 is 7.37. The maximum absolute atomic E-state index is 13.0. The Balaban J connectivity index is 0.00000218. The number of anilines is 1. The molecule has 5 rings (SSSR count). The highest BCUT2D eigenvalue weighted by Crippen LogP contribution is 2.37. The third kappa shape index (κ3) is 3.50. The number of rotatable bonds is 3. The van der Waals surface area contributed by atoms with Gasteiger partial charge in [0.2, 0.25) is 5.91 Å². The average Bonchev–Trinajstić information content (AvgIpc) is 3.37. The first-order valence-corrected chi connectivity index (χ1v) is 10.9. The fraction of sp³-hybridized carbons (Fsp3) is 0.565. The Kier molecular flexibility index (Phi) is 5.58. The lowest BCUT2D eigenvalue weighted by molar-refractivity contribution is -0.119. The largest absolute Gasteiger partial charge is 0.434 e. The topological polar surface area (TPSA) is 72.4 Å². The maximum Gasteiger partial charge on any atom is 0.357 e. The van der Waals surface area contributed by atoms with Crippen molar-refractivity contribution in [1.29, 1.82) is 0 Å². The molecule has 0 unspecified atom stereocenters. The molecule has 6 nitrogen and oxygen atoms in total. The predicted octanol–water partition coefficient (Wildman–Crippen LogP) is 4.42. The molecule has 3 aliphatic rings. The number of amides is 1. The molecular weight excluding hydrogens is 402 g/mol. The van der Waals surface area contributed by atoms with Gasteiger partial charge in [0, 0.05) is 11.1 Å². The van der Waals surface area contributed by atoms with Crippen molar-refractivity contribution in [2.45, 2.75) is 64.1 Å². The summed E-state index contributed by atoms with van der Waals surface area (Å²) in [4.78, 5) is 25.2. The number of hydrogen-bond donors (Lipinski definition) is 2. The Hall–Kier alpha value is -2.05. The van der Waals surface area contributed by atoms with E-state index in [1.54, 1.807) is 0 Å². The quantitative estimate of drug-likeness (QED) is 0.705. The number of carbonyl (C=O) groups is 2. The van der Waals surface area contributed by atoms with E-state index >= 15 is 0 Å². The zero-order chi connectivity index (χ0) is 20.2. The molecule has 1 saturated carbocycles. The number of aromatic nitrogens is 1. The monoisotopic (exact) mass is 431 g/mol. The lowest BCUT2D eigenvalue weighted by atomic mass is 9.76. The number of benzene rings is 1. The van der Waals surface area contributed by atoms with Gasteiger partial charge in [-0.15, -0.1) is 12.4 Å². The molecule has 1 saturated heterocycles. The first kappa shape index (κ1) is 21.2. The number of nitrogens with one attached hydrogen (secondary N) is 2. The third-order valence-corrected chi connectivity index (χ3v) is 6.97. The number of halogens is 1. The molecule has 0 spiro atoms. The van der Waals surface area contributed by atoms with Gasteiger partial charge in [-0.05, 0) is 62.9 Å². The van der Waals surface area contributed by atoms with Crippen molar-refractivity contribution in [2.75, 3.05) is 11.9 Å². The molecule has 162 valence electrons. The lowest BCUT2D eigenvalue weighted by Crippen LogP contribution is -2.42. The van der Waals surface area contributed by atoms with Crippen LogP contribution in [-0.4, -0.2) is 29.0 Å². The van der Waals surface area contributed by atoms with E-state index in [4.69, 9.17) is 4.74 Å². The molecule has 1 aromatic heterocycles. The van der Waals surface area contributed by atoms with Gasteiger partial charge < -0.3 is 15.4 Å². The Labute approximate surface area is 183 Å². The minimum atomic E-state index is -0.695. The Bertz CT molecular complexity index is 977. The second-order valence-electron chi connectivity index (χ2n) is 9.25. The van der Waals surface area contributed by atoms with Gasteiger partial charge in [0.05, 0.1) is 11.6 Å². The normalized spacial score (nSPS) is 25.6. The minimum Gasteiger partial charge on any atom is -0.434 e. The van der Waals surface area contributed by atoms with E-state index in [1.165, 1.54) is 32.1 Å². The minimum absolute atomic E-state index is 0. The molecule has 3 heterocycles. The van der Waals surface area contributed by atoms with Crippen LogP contribution in [0.4, 0.5) is 5.69 Å². The van der Waals surface area contributed by atoms with Gasteiger partial charge in [-0.3, -0.25) is 9.36 Å². The van der Waals surface area contributed by atoms with Crippen LogP contribution in [0, 0.1) is 11.8 Å². The summed E-state index contributed by atoms with van der Waals surface area (Å²) in [5.74, 6) is 0.860. The van der Waals surface area contributed by atoms with Gasteiger partial charge in [0.25, 0.3) is 0 Å². The summed E-state index contributed by atoms with van der Waals surface area (Å²) in [7, 11) is 0. The van der Waals surface area contributed by atoms with Gasteiger partial charge in [0.1, 0.15) is 5.69 Å². The highest BCUT2D eigenvalue weighted by Gasteiger charge is 2.39. The summed E-state index contributed by atoms with van der Waals surface area (Å²) in [5, 5.41) is 7.48. The highest BCUT2D eigenvalue weighted by molar-refractivity contribution is 6.01. The first-order chi connectivity index (χ1) is 13.9. The number of ether oxygens (including phenoxy) is 1. The van der Waals surface area contributed by atoms with E-state index in [1.807, 2.05) is 42.7 Å². The van der Waals surface area contributed by atoms with Crippen LogP contribution in [0.3, 0.4) is 0 Å². The molecule has 0 bridgehead atoms. The molecule has 30 heavy (non-hydrogen) atoms. The highest BCUT2D eigenvalue weighted by atomic mass is 35.5. The van der Waals surface area contributed by atoms with Gasteiger partial charge in [0.15, 0.2) is 5.72 Å². The van der Waals surface area contributed by atoms with Crippen molar-refractivity contribution < 1.29 is 14.3 Å². The Morgan fingerprint density at radius 1 is 1.17 bits per heavy atom. The SMILES string of the molecule is CC1(C)OC(=O)c2cc3cc(NC(=O)[C@H]4NCC[C@H]4C4CCCCC4)ccc3n21.Cl. The molecule has 2 aromatic rings. The maximum atomic E-state index is 13.0. The predicted molar refractivity (Wildman–Crippen MR) is 119 cm³/mol. The zero-order valence-corrected chi connectivity index (χ0v) is 18.4. The molecule has 2 fully saturated rings. The molecular formula is C23H30ClN3O3. The number of nitrogens with zero attached hydrogens (tertiary/aromatic N) is 1. The van der Waals surface area contributed by atoms with Crippen LogP contribution in [0.15, 0.2) is 24.3 Å². The molecule has 2 atom stereocenters. The van der Waals surface area contributed by atoms with Crippen LogP contribution in [0.5, 0.6) is 0 Å². The van der Waals surface area contributed by atoms with Crippen molar-refractivity contribution in [3.05, 3.63) is 30.0 Å². The van der Waals surface area contributed by atoms with E-state index in [2.05, 4.69) is 10.6 Å². The van der Waals surface area contributed by atoms with Gasteiger partial charge in [-0.2, -0.15) is 0 Å². The fourth-order valence-electron chi connectivity index (χ4n) is 5.65. The van der Waals surface area contributed by atoms with E-state index < -0.39 is 5.72 Å². The van der Waals surface area contributed by atoms with Gasteiger partial charge in [-0.1, -0.05) is 32.1 Å². The lowest BCUT2D eigenvalue weighted by Gasteiger charge is -2.30. The van der Waals surface area contributed by atoms with Crippen molar-refractivity contribution in [2.24, 2.45) is 11.8 Å². The zero-order valence-electron chi connectivity index (χ0n) is 17.6. The Morgan fingerprint density at radius 2 is 1.93 bits per heavy atom. The first-order valence-electron chi connectivity index (χ1n) is 10.9. The summed E-state index contributed by atoms with van der Waals surface area (Å²) in [6.07, 6.45) is 7.52. The molecule has 1 aromatic carbocycles. The summed E-state index contributed by atoms with van der Waals surface area (Å²) in [6, 6.07) is 7.56. The average molecular weight is 432 g/mol. The van der Waals surface area contributed by atoms with Crippen LogP contribution >= 0.6 is 12.4 Å². The van der Waals surface area contributed by atoms with E-state index in [9.17, 15) is 9.59 Å². The summed E-state index contributed by atoms with van der Waals surface area (Å²) in [5.41, 5.74) is 1.57. The van der Waals surface area contributed by atoms with Gasteiger partial charge >= 0.3 is 5.97 Å². The third-order valence-electron chi connectivity index (χ3n) is 6.97. The molecule has 1 amide bonds. The van der Waals surface area contributed by atoms with Crippen LogP contribution in [0.25, 0.3) is 10.9 Å². The number of hydrogen-bond acceptors (Lipinski definition) is 4. The molecule has 2 N–H and O–H groups in total. The number of carbonyl (C=O) groups excluding carboxylic acids is 2. The number of cyclic esters (lactones) is 1. The van der Waals surface area contributed by atoms with Crippen LogP contribution in [0.2, 0.25) is 0 Å². The summed E-state index contributed by atoms with van der Waals surface area (Å²) in [6.45, 7) is 4.68. The summed E-state index contributed by atoms with van der Waals surface area (Å²) >= 11 is 0. The molecule has 1 aliphatic carbocycles.